The van der Waals surface area contributed by atoms with Gasteiger partial charge in [-0.25, -0.2) is 0 Å². The van der Waals surface area contributed by atoms with Crippen LogP contribution in [0.3, 0.4) is 0 Å². The summed E-state index contributed by atoms with van der Waals surface area (Å²) in [7, 11) is 0. The van der Waals surface area contributed by atoms with Gasteiger partial charge in [-0.1, -0.05) is 25.5 Å². The topological polar surface area (TPSA) is 75.4 Å². The number of aliphatic hydroxyl groups is 1. The van der Waals surface area contributed by atoms with E-state index >= 15 is 0 Å². The average Bonchev–Trinajstić information content (AvgIpc) is 2.92. The van der Waals surface area contributed by atoms with Gasteiger partial charge in [0.05, 0.1) is 12.1 Å². The zero-order valence-electron chi connectivity index (χ0n) is 16.6. The van der Waals surface area contributed by atoms with Gasteiger partial charge < -0.3 is 16.2 Å². The largest absolute Gasteiger partial charge is 0.393 e. The van der Waals surface area contributed by atoms with E-state index in [-0.39, 0.29) is 28.9 Å². The molecule has 0 aromatic heterocycles. The maximum absolute atomic E-state index is 12.2. The minimum Gasteiger partial charge on any atom is -0.393 e. The first kappa shape index (κ1) is 18.5. The van der Waals surface area contributed by atoms with E-state index in [9.17, 15) is 9.90 Å². The van der Waals surface area contributed by atoms with Crippen LogP contribution in [0.4, 0.5) is 0 Å². The van der Waals surface area contributed by atoms with E-state index in [1.165, 1.54) is 24.8 Å². The number of nitrogens with two attached hydrogens (primary N) is 1. The quantitative estimate of drug-likeness (QED) is 0.662. The Kier molecular flexibility index (Phi) is 4.51. The first-order valence-electron chi connectivity index (χ1n) is 10.7. The summed E-state index contributed by atoms with van der Waals surface area (Å²) in [6.07, 6.45) is 11.2. The van der Waals surface area contributed by atoms with Crippen LogP contribution in [-0.2, 0) is 4.79 Å². The molecule has 0 bridgehead atoms. The van der Waals surface area contributed by atoms with Crippen molar-refractivity contribution in [1.82, 2.24) is 5.32 Å². The second kappa shape index (κ2) is 6.34. The van der Waals surface area contributed by atoms with Crippen molar-refractivity contribution in [2.24, 2.45) is 34.3 Å². The lowest BCUT2D eigenvalue weighted by molar-refractivity contribution is -0.124. The summed E-state index contributed by atoms with van der Waals surface area (Å²) >= 11 is 0. The maximum Gasteiger partial charge on any atom is 0.236 e. The van der Waals surface area contributed by atoms with Crippen molar-refractivity contribution in [3.8, 4) is 0 Å². The van der Waals surface area contributed by atoms with E-state index in [4.69, 9.17) is 5.73 Å². The molecule has 4 nitrogen and oxygen atoms in total. The van der Waals surface area contributed by atoms with Crippen LogP contribution in [0, 0.1) is 28.6 Å². The molecule has 4 aliphatic rings. The van der Waals surface area contributed by atoms with Crippen molar-refractivity contribution in [3.63, 3.8) is 0 Å². The predicted octanol–water partition coefficient (Wildman–Crippen LogP) is 3.14. The van der Waals surface area contributed by atoms with Crippen molar-refractivity contribution in [2.45, 2.75) is 90.3 Å². The maximum atomic E-state index is 12.2. The van der Waals surface area contributed by atoms with E-state index in [0.29, 0.717) is 5.92 Å². The second-order valence-electron chi connectivity index (χ2n) is 10.1. The lowest BCUT2D eigenvalue weighted by atomic mass is 9.48. The van der Waals surface area contributed by atoms with Crippen molar-refractivity contribution in [3.05, 3.63) is 11.6 Å². The molecule has 0 aromatic rings. The third kappa shape index (κ3) is 2.67. The summed E-state index contributed by atoms with van der Waals surface area (Å²) in [4.78, 5) is 12.2. The van der Waals surface area contributed by atoms with Gasteiger partial charge in [0.15, 0.2) is 0 Å². The van der Waals surface area contributed by atoms with Gasteiger partial charge in [0.25, 0.3) is 0 Å². The van der Waals surface area contributed by atoms with Gasteiger partial charge >= 0.3 is 0 Å². The minimum atomic E-state index is -0.429. The van der Waals surface area contributed by atoms with Gasteiger partial charge in [0.2, 0.25) is 5.91 Å². The van der Waals surface area contributed by atoms with E-state index in [1.54, 1.807) is 6.92 Å². The number of nitrogens with one attached hydrogen (secondary N) is 1. The number of rotatable bonds is 2. The summed E-state index contributed by atoms with van der Waals surface area (Å²) in [6.45, 7) is 6.65. The lowest BCUT2D eigenvalue weighted by Gasteiger charge is -2.58. The summed E-state index contributed by atoms with van der Waals surface area (Å²) in [6, 6.07) is -0.153. The Morgan fingerprint density at radius 3 is 2.73 bits per heavy atom. The molecular formula is C22H36N2O2. The molecule has 0 spiro atoms. The molecule has 3 unspecified atom stereocenters. The Morgan fingerprint density at radius 2 is 2.00 bits per heavy atom. The molecule has 3 fully saturated rings. The Labute approximate surface area is 158 Å². The summed E-state index contributed by atoms with van der Waals surface area (Å²) in [5.41, 5.74) is 7.82. The van der Waals surface area contributed by atoms with Gasteiger partial charge in [-0.15, -0.1) is 0 Å². The number of fused-ring (bicyclic) bond motifs is 5. The molecule has 8 atom stereocenters. The lowest BCUT2D eigenvalue weighted by Crippen LogP contribution is -2.55. The molecule has 4 heteroatoms. The summed E-state index contributed by atoms with van der Waals surface area (Å²) in [5, 5.41) is 13.4. The Bertz CT molecular complexity index is 615. The number of aliphatic hydroxyl groups excluding tert-OH is 1. The standard InChI is InChI=1S/C22H36N2O2/c1-13(23)20(26)24-19-7-6-17-16-5-4-14-12-15(25)8-10-21(14,2)18(16)9-11-22(17,19)3/h4,13,15-19,25H,5-12,23H2,1-3H3,(H,24,26)/t13-,15+,16?,17?,18?,19+,21+,22+/m1/s1. The highest BCUT2D eigenvalue weighted by Gasteiger charge is 2.58. The smallest absolute Gasteiger partial charge is 0.236 e. The normalized spacial score (nSPS) is 48.7. The van der Waals surface area contributed by atoms with E-state index in [1.807, 2.05) is 0 Å². The molecule has 4 N–H and O–H groups in total. The fourth-order valence-electron chi connectivity index (χ4n) is 7.18. The number of carbonyl (C=O) groups is 1. The molecule has 0 saturated heterocycles. The zero-order valence-corrected chi connectivity index (χ0v) is 16.6. The molecule has 3 saturated carbocycles. The highest BCUT2D eigenvalue weighted by Crippen LogP contribution is 2.64. The third-order valence-electron chi connectivity index (χ3n) is 8.81. The van der Waals surface area contributed by atoms with E-state index in [0.717, 1.165) is 43.9 Å². The third-order valence-corrected chi connectivity index (χ3v) is 8.81. The number of carbonyl (C=O) groups excluding carboxylic acids is 1. The second-order valence-corrected chi connectivity index (χ2v) is 10.1. The molecule has 4 aliphatic carbocycles. The molecule has 0 radical (unpaired) electrons. The van der Waals surface area contributed by atoms with Gasteiger partial charge in [-0.2, -0.15) is 0 Å². The van der Waals surface area contributed by atoms with Crippen LogP contribution in [0.5, 0.6) is 0 Å². The Hall–Kier alpha value is -0.870. The molecule has 26 heavy (non-hydrogen) atoms. The van der Waals surface area contributed by atoms with Crippen molar-refractivity contribution < 1.29 is 9.90 Å². The number of allylic oxidation sites excluding steroid dienone is 1. The van der Waals surface area contributed by atoms with Crippen LogP contribution in [0.2, 0.25) is 0 Å². The Balaban J connectivity index is 1.57. The first-order valence-corrected chi connectivity index (χ1v) is 10.7. The highest BCUT2D eigenvalue weighted by atomic mass is 16.3. The van der Waals surface area contributed by atoms with Crippen LogP contribution in [0.1, 0.15) is 72.1 Å². The number of hydrogen-bond donors (Lipinski definition) is 3. The minimum absolute atomic E-state index is 0.00180. The Morgan fingerprint density at radius 1 is 1.23 bits per heavy atom. The van der Waals surface area contributed by atoms with Crippen molar-refractivity contribution in [1.29, 1.82) is 0 Å². The summed E-state index contributed by atoms with van der Waals surface area (Å²) < 4.78 is 0. The molecule has 146 valence electrons. The highest BCUT2D eigenvalue weighted by molar-refractivity contribution is 5.81. The molecule has 0 aromatic carbocycles. The van der Waals surface area contributed by atoms with Gasteiger partial charge in [0.1, 0.15) is 0 Å². The van der Waals surface area contributed by atoms with Crippen molar-refractivity contribution in [2.75, 3.05) is 0 Å². The fourth-order valence-corrected chi connectivity index (χ4v) is 7.18. The van der Waals surface area contributed by atoms with Gasteiger partial charge in [-0.3, -0.25) is 4.79 Å². The van der Waals surface area contributed by atoms with Crippen LogP contribution in [0.15, 0.2) is 11.6 Å². The predicted molar refractivity (Wildman–Crippen MR) is 103 cm³/mol. The SMILES string of the molecule is C[C@@H](N)C(=O)N[C@H]1CCC2C3CC=C4C[C@@H](O)CC[C@]4(C)C3CC[C@@]21C. The fraction of sp³-hybridized carbons (Fsp3) is 0.864. The average molecular weight is 361 g/mol. The van der Waals surface area contributed by atoms with Gasteiger partial charge in [-0.05, 0) is 86.9 Å². The monoisotopic (exact) mass is 360 g/mol. The zero-order chi connectivity index (χ0) is 18.7. The van der Waals surface area contributed by atoms with Crippen LogP contribution < -0.4 is 11.1 Å². The molecule has 0 heterocycles. The first-order chi connectivity index (χ1) is 12.3. The molecule has 4 rings (SSSR count). The van der Waals surface area contributed by atoms with Crippen LogP contribution in [0.25, 0.3) is 0 Å². The van der Waals surface area contributed by atoms with E-state index < -0.39 is 6.04 Å². The van der Waals surface area contributed by atoms with Crippen LogP contribution >= 0.6 is 0 Å². The van der Waals surface area contributed by atoms with Crippen LogP contribution in [-0.4, -0.2) is 29.2 Å². The molecule has 0 aliphatic heterocycles. The number of hydrogen-bond acceptors (Lipinski definition) is 3. The van der Waals surface area contributed by atoms with Gasteiger partial charge in [0, 0.05) is 6.04 Å². The molecule has 1 amide bonds. The van der Waals surface area contributed by atoms with E-state index in [2.05, 4.69) is 25.2 Å². The number of amides is 1. The molecular weight excluding hydrogens is 324 g/mol. The summed E-state index contributed by atoms with van der Waals surface area (Å²) in [5.74, 6) is 2.17. The van der Waals surface area contributed by atoms with Crippen molar-refractivity contribution >= 4 is 5.91 Å².